The van der Waals surface area contributed by atoms with Gasteiger partial charge in [0, 0.05) is 30.2 Å². The number of hydrogen-bond donors (Lipinski definition) is 0. The van der Waals surface area contributed by atoms with Crippen LogP contribution in [0.15, 0.2) is 77.9 Å². The molecule has 0 spiro atoms. The minimum Gasteiger partial charge on any atom is -0.348 e. The third-order valence-electron chi connectivity index (χ3n) is 3.53. The molecule has 2 nitrogen and oxygen atoms in total. The fourth-order valence-corrected chi connectivity index (χ4v) is 2.45. The number of fused-ring (bicyclic) bond motifs is 1. The Morgan fingerprint density at radius 1 is 1.00 bits per heavy atom. The molecule has 0 unspecified atom stereocenters. The maximum Gasteiger partial charge on any atom is 0.0629 e. The summed E-state index contributed by atoms with van der Waals surface area (Å²) in [4.78, 5) is 6.71. The number of rotatable bonds is 3. The Labute approximate surface area is 125 Å². The molecule has 3 rings (SSSR count). The van der Waals surface area contributed by atoms with Gasteiger partial charge in [-0.2, -0.15) is 0 Å². The van der Waals surface area contributed by atoms with Gasteiger partial charge < -0.3 is 4.90 Å². The number of para-hydroxylation sites is 2. The second kappa shape index (κ2) is 6.23. The van der Waals surface area contributed by atoms with Crippen molar-refractivity contribution in [3.63, 3.8) is 0 Å². The lowest BCUT2D eigenvalue weighted by Crippen LogP contribution is -2.18. The normalized spacial score (nSPS) is 15.7. The van der Waals surface area contributed by atoms with E-state index in [0.717, 1.165) is 12.2 Å². The lowest BCUT2D eigenvalue weighted by molar-refractivity contribution is 1.01. The van der Waals surface area contributed by atoms with Crippen LogP contribution in [0.1, 0.15) is 12.5 Å². The molecule has 2 heteroatoms. The molecule has 0 amide bonds. The number of aliphatic imine (C=N–C) groups is 1. The average molecular weight is 274 g/mol. The van der Waals surface area contributed by atoms with Gasteiger partial charge in [0.15, 0.2) is 0 Å². The molecule has 104 valence electrons. The number of benzene rings is 2. The van der Waals surface area contributed by atoms with E-state index in [2.05, 4.69) is 59.4 Å². The summed E-state index contributed by atoms with van der Waals surface area (Å²) in [6, 6.07) is 18.5. The summed E-state index contributed by atoms with van der Waals surface area (Å²) in [7, 11) is 0. The van der Waals surface area contributed by atoms with Gasteiger partial charge in [-0.1, -0.05) is 36.4 Å². The molecule has 0 aromatic heterocycles. The SMILES string of the molecule is CCN1C=CC(=CC=Nc2ccccc2)c2ccccc21. The molecule has 2 aromatic carbocycles. The molecular weight excluding hydrogens is 256 g/mol. The predicted molar refractivity (Wildman–Crippen MR) is 91.2 cm³/mol. The van der Waals surface area contributed by atoms with Gasteiger partial charge in [0.05, 0.1) is 5.69 Å². The Balaban J connectivity index is 1.89. The third kappa shape index (κ3) is 2.95. The number of anilines is 1. The zero-order valence-electron chi connectivity index (χ0n) is 12.1. The smallest absolute Gasteiger partial charge is 0.0629 e. The molecule has 0 saturated carbocycles. The Bertz CT molecular complexity index is 697. The average Bonchev–Trinajstić information content (AvgIpc) is 2.56. The molecule has 0 atom stereocenters. The molecule has 0 saturated heterocycles. The molecule has 2 aromatic rings. The van der Waals surface area contributed by atoms with E-state index in [-0.39, 0.29) is 0 Å². The standard InChI is InChI=1S/C19H18N2/c1-2-21-15-13-16(18-10-6-7-11-19(18)21)12-14-20-17-8-4-3-5-9-17/h3-15H,2H2,1H3. The van der Waals surface area contributed by atoms with Crippen LogP contribution in [0.5, 0.6) is 0 Å². The molecule has 0 radical (unpaired) electrons. The van der Waals surface area contributed by atoms with Crippen LogP contribution in [0.3, 0.4) is 0 Å². The van der Waals surface area contributed by atoms with E-state index in [0.29, 0.717) is 0 Å². The maximum atomic E-state index is 4.46. The van der Waals surface area contributed by atoms with Gasteiger partial charge in [0.25, 0.3) is 0 Å². The lowest BCUT2D eigenvalue weighted by Gasteiger charge is -2.26. The fourth-order valence-electron chi connectivity index (χ4n) is 2.45. The summed E-state index contributed by atoms with van der Waals surface area (Å²) >= 11 is 0. The first-order chi connectivity index (χ1) is 10.4. The first-order valence-corrected chi connectivity index (χ1v) is 7.22. The highest BCUT2D eigenvalue weighted by molar-refractivity contribution is 5.94. The van der Waals surface area contributed by atoms with Crippen molar-refractivity contribution >= 4 is 23.2 Å². The zero-order valence-corrected chi connectivity index (χ0v) is 12.1. The van der Waals surface area contributed by atoms with Crippen LogP contribution < -0.4 is 4.90 Å². The molecule has 21 heavy (non-hydrogen) atoms. The Morgan fingerprint density at radius 2 is 1.76 bits per heavy atom. The largest absolute Gasteiger partial charge is 0.348 e. The van der Waals surface area contributed by atoms with Crippen molar-refractivity contribution in [2.75, 3.05) is 11.4 Å². The minimum absolute atomic E-state index is 0.970. The molecule has 1 aliphatic rings. The molecule has 1 heterocycles. The molecule has 1 aliphatic heterocycles. The molecule has 0 fully saturated rings. The van der Waals surface area contributed by atoms with Gasteiger partial charge in [-0.3, -0.25) is 4.99 Å². The molecule has 0 N–H and O–H groups in total. The summed E-state index contributed by atoms with van der Waals surface area (Å²) < 4.78 is 0. The van der Waals surface area contributed by atoms with Crippen LogP contribution in [-0.2, 0) is 0 Å². The monoisotopic (exact) mass is 274 g/mol. The van der Waals surface area contributed by atoms with E-state index in [1.54, 1.807) is 0 Å². The van der Waals surface area contributed by atoms with E-state index in [4.69, 9.17) is 0 Å². The van der Waals surface area contributed by atoms with Crippen LogP contribution in [0.2, 0.25) is 0 Å². The zero-order chi connectivity index (χ0) is 14.5. The van der Waals surface area contributed by atoms with Crippen molar-refractivity contribution in [2.24, 2.45) is 4.99 Å². The van der Waals surface area contributed by atoms with Gasteiger partial charge in [-0.15, -0.1) is 0 Å². The Hall–Kier alpha value is -2.61. The topological polar surface area (TPSA) is 15.6 Å². The third-order valence-corrected chi connectivity index (χ3v) is 3.53. The van der Waals surface area contributed by atoms with Crippen molar-refractivity contribution in [2.45, 2.75) is 6.92 Å². The van der Waals surface area contributed by atoms with E-state index in [1.807, 2.05) is 36.5 Å². The van der Waals surface area contributed by atoms with Crippen molar-refractivity contribution in [1.82, 2.24) is 0 Å². The Kier molecular flexibility index (Phi) is 3.97. The van der Waals surface area contributed by atoms with E-state index in [9.17, 15) is 0 Å². The van der Waals surface area contributed by atoms with Crippen molar-refractivity contribution in [1.29, 1.82) is 0 Å². The molecule has 0 bridgehead atoms. The Morgan fingerprint density at radius 3 is 2.57 bits per heavy atom. The highest BCUT2D eigenvalue weighted by Gasteiger charge is 2.13. The van der Waals surface area contributed by atoms with Gasteiger partial charge in [-0.25, -0.2) is 0 Å². The molecular formula is C19H18N2. The van der Waals surface area contributed by atoms with Crippen molar-refractivity contribution < 1.29 is 0 Å². The second-order valence-electron chi connectivity index (χ2n) is 4.85. The quantitative estimate of drug-likeness (QED) is 0.732. The van der Waals surface area contributed by atoms with Crippen LogP contribution in [-0.4, -0.2) is 12.8 Å². The maximum absolute atomic E-state index is 4.46. The minimum atomic E-state index is 0.970. The van der Waals surface area contributed by atoms with Crippen LogP contribution in [0, 0.1) is 0 Å². The highest BCUT2D eigenvalue weighted by Crippen LogP contribution is 2.32. The molecule has 0 aliphatic carbocycles. The first kappa shape index (κ1) is 13.4. The van der Waals surface area contributed by atoms with Crippen LogP contribution >= 0.6 is 0 Å². The second-order valence-corrected chi connectivity index (χ2v) is 4.85. The highest BCUT2D eigenvalue weighted by atomic mass is 15.1. The van der Waals surface area contributed by atoms with Gasteiger partial charge >= 0.3 is 0 Å². The van der Waals surface area contributed by atoms with Gasteiger partial charge in [0.1, 0.15) is 0 Å². The van der Waals surface area contributed by atoms with Crippen molar-refractivity contribution in [3.05, 3.63) is 78.5 Å². The fraction of sp³-hybridized carbons (Fsp3) is 0.105. The van der Waals surface area contributed by atoms with E-state index < -0.39 is 0 Å². The summed E-state index contributed by atoms with van der Waals surface area (Å²) in [5.74, 6) is 0. The van der Waals surface area contributed by atoms with Gasteiger partial charge in [0.2, 0.25) is 0 Å². The number of hydrogen-bond acceptors (Lipinski definition) is 2. The lowest BCUT2D eigenvalue weighted by atomic mass is 10.00. The van der Waals surface area contributed by atoms with Crippen LogP contribution in [0.25, 0.3) is 5.57 Å². The first-order valence-electron chi connectivity index (χ1n) is 7.22. The summed E-state index contributed by atoms with van der Waals surface area (Å²) in [6.45, 7) is 3.13. The van der Waals surface area contributed by atoms with E-state index in [1.165, 1.54) is 16.8 Å². The summed E-state index contributed by atoms with van der Waals surface area (Å²) in [5.41, 5.74) is 4.66. The van der Waals surface area contributed by atoms with Crippen molar-refractivity contribution in [3.8, 4) is 0 Å². The van der Waals surface area contributed by atoms with Crippen LogP contribution in [0.4, 0.5) is 11.4 Å². The summed E-state index contributed by atoms with van der Waals surface area (Å²) in [5, 5.41) is 0. The number of allylic oxidation sites excluding steroid dienone is 3. The number of nitrogens with zero attached hydrogens (tertiary/aromatic N) is 2. The van der Waals surface area contributed by atoms with Gasteiger partial charge in [-0.05, 0) is 42.8 Å². The van der Waals surface area contributed by atoms with E-state index >= 15 is 0 Å². The summed E-state index contributed by atoms with van der Waals surface area (Å²) in [6.07, 6.45) is 8.20. The predicted octanol–water partition coefficient (Wildman–Crippen LogP) is 4.83.